The van der Waals surface area contributed by atoms with E-state index in [1.54, 1.807) is 6.33 Å². The lowest BCUT2D eigenvalue weighted by molar-refractivity contribution is 0.570. The van der Waals surface area contributed by atoms with Crippen molar-refractivity contribution >= 4 is 11.6 Å². The number of hydrogen-bond donors (Lipinski definition) is 2. The number of rotatable bonds is 6. The largest absolute Gasteiger partial charge is 0.373 e. The summed E-state index contributed by atoms with van der Waals surface area (Å²) in [6.45, 7) is 2.75. The molecule has 0 saturated carbocycles. The van der Waals surface area contributed by atoms with Crippen molar-refractivity contribution in [3.05, 3.63) is 47.8 Å². The molecule has 124 valence electrons. The number of nitrogens with one attached hydrogen (secondary N) is 2. The van der Waals surface area contributed by atoms with E-state index in [1.165, 1.54) is 18.4 Å². The molecule has 6 heteroatoms. The van der Waals surface area contributed by atoms with E-state index in [4.69, 9.17) is 5.26 Å². The van der Waals surface area contributed by atoms with Gasteiger partial charge < -0.3 is 15.5 Å². The van der Waals surface area contributed by atoms with Gasteiger partial charge in [-0.1, -0.05) is 12.1 Å². The third-order valence-electron chi connectivity index (χ3n) is 4.37. The molecule has 1 saturated heterocycles. The van der Waals surface area contributed by atoms with Gasteiger partial charge in [-0.3, -0.25) is 0 Å². The third-order valence-corrected chi connectivity index (χ3v) is 4.37. The molecule has 2 heterocycles. The van der Waals surface area contributed by atoms with Crippen molar-refractivity contribution in [2.45, 2.75) is 25.4 Å². The fraction of sp³-hybridized carbons (Fsp3) is 0.389. The Labute approximate surface area is 142 Å². The van der Waals surface area contributed by atoms with E-state index >= 15 is 0 Å². The first-order valence-electron chi connectivity index (χ1n) is 8.26. The molecule has 0 aliphatic carbocycles. The highest BCUT2D eigenvalue weighted by Gasteiger charge is 2.25. The van der Waals surface area contributed by atoms with Gasteiger partial charge in [-0.2, -0.15) is 5.26 Å². The molecule has 0 amide bonds. The second kappa shape index (κ2) is 7.75. The highest BCUT2D eigenvalue weighted by Crippen LogP contribution is 2.24. The molecule has 24 heavy (non-hydrogen) atoms. The Hall–Kier alpha value is -2.65. The minimum absolute atomic E-state index is 0.447. The van der Waals surface area contributed by atoms with Gasteiger partial charge in [0.05, 0.1) is 11.6 Å². The van der Waals surface area contributed by atoms with Gasteiger partial charge in [0.25, 0.3) is 0 Å². The summed E-state index contributed by atoms with van der Waals surface area (Å²) in [6.07, 6.45) is 3.96. The smallest absolute Gasteiger partial charge is 0.134 e. The Morgan fingerprint density at radius 2 is 2.12 bits per heavy atom. The van der Waals surface area contributed by atoms with Crippen LogP contribution in [-0.2, 0) is 6.54 Å². The molecule has 2 N–H and O–H groups in total. The fourth-order valence-corrected chi connectivity index (χ4v) is 3.07. The van der Waals surface area contributed by atoms with Crippen LogP contribution in [0.4, 0.5) is 11.6 Å². The van der Waals surface area contributed by atoms with Crippen molar-refractivity contribution < 1.29 is 0 Å². The second-order valence-corrected chi connectivity index (χ2v) is 5.94. The molecule has 6 nitrogen and oxygen atoms in total. The maximum absolute atomic E-state index is 8.84. The zero-order chi connectivity index (χ0) is 16.8. The average molecular weight is 322 g/mol. The van der Waals surface area contributed by atoms with Gasteiger partial charge in [-0.05, 0) is 30.5 Å². The third kappa shape index (κ3) is 3.81. The molecule has 0 bridgehead atoms. The zero-order valence-corrected chi connectivity index (χ0v) is 13.9. The second-order valence-electron chi connectivity index (χ2n) is 5.94. The van der Waals surface area contributed by atoms with Crippen molar-refractivity contribution in [1.29, 1.82) is 5.26 Å². The molecule has 0 radical (unpaired) electrons. The van der Waals surface area contributed by atoms with Crippen LogP contribution in [0, 0.1) is 11.3 Å². The van der Waals surface area contributed by atoms with Crippen LogP contribution in [0.1, 0.15) is 24.0 Å². The summed E-state index contributed by atoms with van der Waals surface area (Å²) in [5, 5.41) is 15.4. The van der Waals surface area contributed by atoms with Crippen LogP contribution in [0.3, 0.4) is 0 Å². The van der Waals surface area contributed by atoms with Crippen molar-refractivity contribution in [3.8, 4) is 6.07 Å². The number of nitrogens with zero attached hydrogens (tertiary/aromatic N) is 4. The summed E-state index contributed by atoms with van der Waals surface area (Å²) in [5.74, 6) is 1.83. The Morgan fingerprint density at radius 1 is 1.29 bits per heavy atom. The lowest BCUT2D eigenvalue weighted by Gasteiger charge is -2.26. The maximum atomic E-state index is 8.84. The number of aromatic nitrogens is 2. The van der Waals surface area contributed by atoms with Crippen molar-refractivity contribution in [2.75, 3.05) is 30.4 Å². The van der Waals surface area contributed by atoms with Crippen LogP contribution in [0.15, 0.2) is 36.7 Å². The molecule has 2 aromatic rings. The highest BCUT2D eigenvalue weighted by atomic mass is 15.2. The fourth-order valence-electron chi connectivity index (χ4n) is 3.07. The Morgan fingerprint density at radius 3 is 2.88 bits per heavy atom. The van der Waals surface area contributed by atoms with Crippen LogP contribution >= 0.6 is 0 Å². The Balaban J connectivity index is 1.56. The molecule has 1 aliphatic heterocycles. The zero-order valence-electron chi connectivity index (χ0n) is 13.9. The summed E-state index contributed by atoms with van der Waals surface area (Å²) < 4.78 is 0. The predicted molar refractivity (Wildman–Crippen MR) is 94.8 cm³/mol. The minimum Gasteiger partial charge on any atom is -0.373 e. The van der Waals surface area contributed by atoms with Gasteiger partial charge in [0.1, 0.15) is 18.0 Å². The minimum atomic E-state index is 0.447. The number of nitriles is 1. The van der Waals surface area contributed by atoms with Crippen molar-refractivity contribution in [3.63, 3.8) is 0 Å². The summed E-state index contributed by atoms with van der Waals surface area (Å²) in [4.78, 5) is 11.0. The maximum Gasteiger partial charge on any atom is 0.134 e. The van der Waals surface area contributed by atoms with E-state index in [1.807, 2.05) is 37.4 Å². The molecular weight excluding hydrogens is 300 g/mol. The van der Waals surface area contributed by atoms with Crippen LogP contribution in [-0.4, -0.2) is 36.1 Å². The standard InChI is InChI=1S/C18H22N6/c1-20-17-9-18(23-13-22-17)24-8-2-3-16(24)12-21-11-15-6-4-14(10-19)5-7-15/h4-7,9,13,16,21H,2-3,8,11-12H2,1H3,(H,20,22,23)/t16-/m1/s1. The van der Waals surface area contributed by atoms with E-state index in [2.05, 4.69) is 31.6 Å². The van der Waals surface area contributed by atoms with Gasteiger partial charge in [-0.25, -0.2) is 9.97 Å². The highest BCUT2D eigenvalue weighted by molar-refractivity contribution is 5.49. The number of benzene rings is 1. The summed E-state index contributed by atoms with van der Waals surface area (Å²) in [7, 11) is 1.87. The Bertz CT molecular complexity index is 706. The quantitative estimate of drug-likeness (QED) is 0.848. The predicted octanol–water partition coefficient (Wildman–Crippen LogP) is 2.15. The molecule has 0 unspecified atom stereocenters. The topological polar surface area (TPSA) is 76.9 Å². The van der Waals surface area contributed by atoms with E-state index in [9.17, 15) is 0 Å². The molecule has 1 fully saturated rings. The van der Waals surface area contributed by atoms with Gasteiger partial charge >= 0.3 is 0 Å². The number of anilines is 2. The van der Waals surface area contributed by atoms with E-state index in [0.29, 0.717) is 11.6 Å². The monoisotopic (exact) mass is 322 g/mol. The molecule has 1 aliphatic rings. The van der Waals surface area contributed by atoms with Gasteiger partial charge in [0.15, 0.2) is 0 Å². The normalized spacial score (nSPS) is 16.8. The summed E-state index contributed by atoms with van der Waals surface area (Å²) in [6, 6.07) is 12.3. The SMILES string of the molecule is CNc1cc(N2CCC[C@@H]2CNCc2ccc(C#N)cc2)ncn1. The molecule has 1 aromatic heterocycles. The van der Waals surface area contributed by atoms with Crippen molar-refractivity contribution in [2.24, 2.45) is 0 Å². The van der Waals surface area contributed by atoms with Crippen LogP contribution in [0.25, 0.3) is 0 Å². The van der Waals surface area contributed by atoms with Gasteiger partial charge in [0.2, 0.25) is 0 Å². The van der Waals surface area contributed by atoms with E-state index in [0.717, 1.165) is 31.3 Å². The van der Waals surface area contributed by atoms with Crippen LogP contribution in [0.5, 0.6) is 0 Å². The average Bonchev–Trinajstić information content (AvgIpc) is 3.11. The van der Waals surface area contributed by atoms with Crippen LogP contribution in [0.2, 0.25) is 0 Å². The molecule has 1 aromatic carbocycles. The summed E-state index contributed by atoms with van der Waals surface area (Å²) in [5.41, 5.74) is 1.89. The first kappa shape index (κ1) is 16.2. The molecule has 0 spiro atoms. The summed E-state index contributed by atoms with van der Waals surface area (Å²) >= 11 is 0. The van der Waals surface area contributed by atoms with Crippen molar-refractivity contribution in [1.82, 2.24) is 15.3 Å². The van der Waals surface area contributed by atoms with Gasteiger partial charge in [-0.15, -0.1) is 0 Å². The molecule has 3 rings (SSSR count). The number of hydrogen-bond acceptors (Lipinski definition) is 6. The van der Waals surface area contributed by atoms with Crippen LogP contribution < -0.4 is 15.5 Å². The van der Waals surface area contributed by atoms with Gasteiger partial charge in [0, 0.05) is 38.8 Å². The lowest BCUT2D eigenvalue weighted by Crippen LogP contribution is -2.38. The first-order valence-corrected chi connectivity index (χ1v) is 8.26. The Kier molecular flexibility index (Phi) is 5.24. The lowest BCUT2D eigenvalue weighted by atomic mass is 10.1. The van der Waals surface area contributed by atoms with E-state index in [-0.39, 0.29) is 0 Å². The first-order chi connectivity index (χ1) is 11.8. The molecule has 1 atom stereocenters. The van der Waals surface area contributed by atoms with E-state index < -0.39 is 0 Å². The molecular formula is C18H22N6.